The molecular formula is C24H27NO5S. The standard InChI is InChI=1S/C24H27NO5S/c1-15(2)11-20(23(26)27)25-21(24(28)29)12-16-7-9-18(10-8-16)30-13-17-14-31-22-6-4-3-5-19(17)22/h3-10,14-15,20-21,25H,11-13H2,1-2H3,(H,26,27)(H,28,29). The first-order valence-electron chi connectivity index (χ1n) is 10.2. The van der Waals surface area contributed by atoms with E-state index < -0.39 is 24.0 Å². The molecule has 1 heterocycles. The molecule has 0 saturated carbocycles. The summed E-state index contributed by atoms with van der Waals surface area (Å²) in [6.45, 7) is 4.27. The Morgan fingerprint density at radius 3 is 2.32 bits per heavy atom. The van der Waals surface area contributed by atoms with Crippen LogP contribution in [0.3, 0.4) is 0 Å². The second-order valence-electron chi connectivity index (χ2n) is 7.97. The van der Waals surface area contributed by atoms with Crippen molar-refractivity contribution in [1.29, 1.82) is 0 Å². The molecule has 1 aromatic heterocycles. The molecule has 3 rings (SSSR count). The molecule has 6 nitrogen and oxygen atoms in total. The zero-order chi connectivity index (χ0) is 22.4. The fourth-order valence-electron chi connectivity index (χ4n) is 3.44. The molecule has 3 N–H and O–H groups in total. The summed E-state index contributed by atoms with van der Waals surface area (Å²) in [6.07, 6.45) is 0.551. The fraction of sp³-hybridized carbons (Fsp3) is 0.333. The summed E-state index contributed by atoms with van der Waals surface area (Å²) >= 11 is 1.69. The van der Waals surface area contributed by atoms with Crippen molar-refractivity contribution in [2.24, 2.45) is 5.92 Å². The quantitative estimate of drug-likeness (QED) is 0.404. The molecule has 0 fully saturated rings. The summed E-state index contributed by atoms with van der Waals surface area (Å²) in [5.41, 5.74) is 1.92. The maximum Gasteiger partial charge on any atom is 0.321 e. The van der Waals surface area contributed by atoms with Gasteiger partial charge in [0.1, 0.15) is 24.4 Å². The minimum absolute atomic E-state index is 0.139. The minimum atomic E-state index is -1.07. The molecule has 0 radical (unpaired) electrons. The van der Waals surface area contributed by atoms with Crippen molar-refractivity contribution in [3.8, 4) is 5.75 Å². The topological polar surface area (TPSA) is 95.9 Å². The van der Waals surface area contributed by atoms with Crippen LogP contribution in [0.4, 0.5) is 0 Å². The average molecular weight is 442 g/mol. The van der Waals surface area contributed by atoms with Crippen LogP contribution in [0.2, 0.25) is 0 Å². The number of hydrogen-bond acceptors (Lipinski definition) is 5. The second-order valence-corrected chi connectivity index (χ2v) is 8.88. The Bertz CT molecular complexity index is 1030. The molecule has 0 aliphatic carbocycles. The zero-order valence-electron chi connectivity index (χ0n) is 17.6. The highest BCUT2D eigenvalue weighted by molar-refractivity contribution is 7.17. The Morgan fingerprint density at radius 2 is 1.68 bits per heavy atom. The Morgan fingerprint density at radius 1 is 1.00 bits per heavy atom. The number of carboxylic acid groups (broad SMARTS) is 2. The molecular weight excluding hydrogens is 414 g/mol. The molecule has 0 spiro atoms. The molecule has 0 bridgehead atoms. The van der Waals surface area contributed by atoms with Crippen LogP contribution in [0.25, 0.3) is 10.1 Å². The van der Waals surface area contributed by atoms with Gasteiger partial charge in [0, 0.05) is 10.3 Å². The van der Waals surface area contributed by atoms with E-state index in [2.05, 4.69) is 22.8 Å². The highest BCUT2D eigenvalue weighted by Crippen LogP contribution is 2.27. The summed E-state index contributed by atoms with van der Waals surface area (Å²) < 4.78 is 7.13. The molecule has 164 valence electrons. The van der Waals surface area contributed by atoms with Crippen LogP contribution in [-0.4, -0.2) is 34.2 Å². The lowest BCUT2D eigenvalue weighted by atomic mass is 10.0. The van der Waals surface area contributed by atoms with Crippen molar-refractivity contribution in [3.63, 3.8) is 0 Å². The maximum atomic E-state index is 11.7. The van der Waals surface area contributed by atoms with Crippen LogP contribution in [0.5, 0.6) is 5.75 Å². The third kappa shape index (κ3) is 6.29. The first-order valence-corrected chi connectivity index (χ1v) is 11.1. The Hall–Kier alpha value is -2.90. The lowest BCUT2D eigenvalue weighted by Crippen LogP contribution is -2.48. The Labute approximate surface area is 185 Å². The van der Waals surface area contributed by atoms with Gasteiger partial charge in [-0.1, -0.05) is 44.2 Å². The molecule has 3 aromatic rings. The van der Waals surface area contributed by atoms with Crippen LogP contribution >= 0.6 is 11.3 Å². The van der Waals surface area contributed by atoms with Crippen molar-refractivity contribution in [2.75, 3.05) is 0 Å². The van der Waals surface area contributed by atoms with Crippen molar-refractivity contribution in [1.82, 2.24) is 5.32 Å². The number of thiophene rings is 1. The van der Waals surface area contributed by atoms with Gasteiger partial charge in [-0.3, -0.25) is 14.9 Å². The SMILES string of the molecule is CC(C)CC(NC(Cc1ccc(OCc2csc3ccccc23)cc1)C(=O)O)C(=O)O. The normalized spacial score (nSPS) is 13.3. The number of aliphatic carboxylic acids is 2. The number of nitrogens with one attached hydrogen (secondary N) is 1. The van der Waals surface area contributed by atoms with Crippen LogP contribution < -0.4 is 10.1 Å². The van der Waals surface area contributed by atoms with Gasteiger partial charge >= 0.3 is 11.9 Å². The van der Waals surface area contributed by atoms with E-state index in [1.165, 1.54) is 10.1 Å². The van der Waals surface area contributed by atoms with Crippen molar-refractivity contribution in [2.45, 2.75) is 45.4 Å². The predicted octanol–water partition coefficient (Wildman–Crippen LogP) is 4.56. The lowest BCUT2D eigenvalue weighted by Gasteiger charge is -2.21. The molecule has 7 heteroatoms. The van der Waals surface area contributed by atoms with Crippen molar-refractivity contribution in [3.05, 3.63) is 65.0 Å². The average Bonchev–Trinajstić information content (AvgIpc) is 3.14. The van der Waals surface area contributed by atoms with Gasteiger partial charge in [0.25, 0.3) is 0 Å². The van der Waals surface area contributed by atoms with E-state index >= 15 is 0 Å². The zero-order valence-corrected chi connectivity index (χ0v) is 18.4. The van der Waals surface area contributed by atoms with Gasteiger partial charge in [0.15, 0.2) is 0 Å². The van der Waals surface area contributed by atoms with Crippen LogP contribution in [0, 0.1) is 5.92 Å². The van der Waals surface area contributed by atoms with Gasteiger partial charge < -0.3 is 14.9 Å². The van der Waals surface area contributed by atoms with Gasteiger partial charge in [-0.15, -0.1) is 11.3 Å². The summed E-state index contributed by atoms with van der Waals surface area (Å²) in [4.78, 5) is 23.1. The number of fused-ring (bicyclic) bond motifs is 1. The predicted molar refractivity (Wildman–Crippen MR) is 122 cm³/mol. The molecule has 2 aromatic carbocycles. The van der Waals surface area contributed by atoms with Crippen LogP contribution in [0.15, 0.2) is 53.9 Å². The van der Waals surface area contributed by atoms with E-state index in [0.29, 0.717) is 18.8 Å². The lowest BCUT2D eigenvalue weighted by molar-refractivity contribution is -0.142. The first-order chi connectivity index (χ1) is 14.8. The second kappa shape index (κ2) is 10.4. The van der Waals surface area contributed by atoms with E-state index in [0.717, 1.165) is 11.1 Å². The number of carboxylic acids is 2. The van der Waals surface area contributed by atoms with E-state index in [4.69, 9.17) is 4.74 Å². The smallest absolute Gasteiger partial charge is 0.321 e. The number of hydrogen-bond donors (Lipinski definition) is 3. The number of rotatable bonds is 11. The fourth-order valence-corrected chi connectivity index (χ4v) is 4.38. The van der Waals surface area contributed by atoms with Gasteiger partial charge in [-0.25, -0.2) is 0 Å². The molecule has 0 aliphatic heterocycles. The summed E-state index contributed by atoms with van der Waals surface area (Å²) in [7, 11) is 0. The van der Waals surface area contributed by atoms with Crippen LogP contribution in [-0.2, 0) is 22.6 Å². The van der Waals surface area contributed by atoms with E-state index in [1.54, 1.807) is 11.3 Å². The van der Waals surface area contributed by atoms with E-state index in [1.807, 2.05) is 50.2 Å². The molecule has 31 heavy (non-hydrogen) atoms. The summed E-state index contributed by atoms with van der Waals surface area (Å²) in [5, 5.41) is 25.0. The van der Waals surface area contributed by atoms with Crippen LogP contribution in [0.1, 0.15) is 31.4 Å². The molecule has 2 atom stereocenters. The maximum absolute atomic E-state index is 11.7. The minimum Gasteiger partial charge on any atom is -0.489 e. The largest absolute Gasteiger partial charge is 0.489 e. The number of benzene rings is 2. The van der Waals surface area contributed by atoms with E-state index in [-0.39, 0.29) is 12.3 Å². The van der Waals surface area contributed by atoms with Gasteiger partial charge in [0.2, 0.25) is 0 Å². The van der Waals surface area contributed by atoms with Crippen molar-refractivity contribution >= 4 is 33.4 Å². The molecule has 0 aliphatic rings. The Balaban J connectivity index is 1.61. The van der Waals surface area contributed by atoms with Crippen molar-refractivity contribution < 1.29 is 24.5 Å². The van der Waals surface area contributed by atoms with E-state index in [9.17, 15) is 19.8 Å². The molecule has 2 unspecified atom stereocenters. The van der Waals surface area contributed by atoms with Gasteiger partial charge in [-0.05, 0) is 53.3 Å². The monoisotopic (exact) mass is 441 g/mol. The third-order valence-electron chi connectivity index (χ3n) is 5.02. The highest BCUT2D eigenvalue weighted by atomic mass is 32.1. The first kappa shape index (κ1) is 22.8. The van der Waals surface area contributed by atoms with Gasteiger partial charge in [-0.2, -0.15) is 0 Å². The number of carbonyl (C=O) groups is 2. The van der Waals surface area contributed by atoms with Gasteiger partial charge in [0.05, 0.1) is 0 Å². The molecule has 0 amide bonds. The number of ether oxygens (including phenoxy) is 1. The molecule has 0 saturated heterocycles. The Kier molecular flexibility index (Phi) is 7.65. The summed E-state index contributed by atoms with van der Waals surface area (Å²) in [5.74, 6) is -1.27. The highest BCUT2D eigenvalue weighted by Gasteiger charge is 2.26. The third-order valence-corrected chi connectivity index (χ3v) is 6.04. The summed E-state index contributed by atoms with van der Waals surface area (Å²) in [6, 6.07) is 13.6.